The molecule has 0 radical (unpaired) electrons. The third-order valence-corrected chi connectivity index (χ3v) is 26.2. The summed E-state index contributed by atoms with van der Waals surface area (Å²) in [6.07, 6.45) is 10.0. The van der Waals surface area contributed by atoms with Gasteiger partial charge in [-0.1, -0.05) is 122 Å². The molecule has 1 saturated heterocycles. The zero-order valence-corrected chi connectivity index (χ0v) is 85.7. The Hall–Kier alpha value is -16.5. The van der Waals surface area contributed by atoms with Crippen molar-refractivity contribution in [3.05, 3.63) is 317 Å². The van der Waals surface area contributed by atoms with Crippen LogP contribution in [-0.2, 0) is 44.3 Å². The predicted molar refractivity (Wildman–Crippen MR) is 572 cm³/mol. The molecule has 30 nitrogen and oxygen atoms in total. The number of Topliss-reactive ketones (excluding diaryl/α,β-unsaturated/α-hetero) is 2. The minimum Gasteiger partial charge on any atom is -0.396 e. The molecule has 9 heterocycles. The van der Waals surface area contributed by atoms with E-state index in [0.717, 1.165) is 120 Å². The molecule has 3 atom stereocenters. The largest absolute Gasteiger partial charge is 0.396 e. The average Bonchev–Trinajstić information content (AvgIpc) is 1.60. The van der Waals surface area contributed by atoms with Crippen LogP contribution in [0.25, 0.3) is 44.1 Å². The number of nitrogens with two attached hydrogens (primary N) is 4. The lowest BCUT2D eigenvalue weighted by molar-refractivity contribution is 0.0167. The fraction of sp³-hybridized carbons (Fsp3) is 0.298. The van der Waals surface area contributed by atoms with Crippen LogP contribution in [0.15, 0.2) is 183 Å². The summed E-state index contributed by atoms with van der Waals surface area (Å²) in [6.45, 7) is 25.1. The maximum absolute atomic E-state index is 13.7. The number of aliphatic hydroxyl groups excluding tert-OH is 3. The van der Waals surface area contributed by atoms with Crippen LogP contribution >= 0.6 is 12.4 Å². The normalized spacial score (nSPS) is 14.2. The Kier molecular flexibility index (Phi) is 34.4. The van der Waals surface area contributed by atoms with Gasteiger partial charge in [0.05, 0.1) is 33.7 Å². The first-order chi connectivity index (χ1) is 70.7. The molecule has 13 N–H and O–H groups in total. The van der Waals surface area contributed by atoms with E-state index < -0.39 is 23.7 Å². The molecule has 149 heavy (non-hydrogen) atoms. The number of hydrogen-bond acceptors (Lipinski definition) is 24. The summed E-state index contributed by atoms with van der Waals surface area (Å²) in [6, 6.07) is 44.9. The number of carbonyl (C=O) groups excluding carboxylic acids is 4. The third-order valence-electron chi connectivity index (χ3n) is 26.2. The van der Waals surface area contributed by atoms with Crippen LogP contribution < -0.4 is 33.6 Å². The van der Waals surface area contributed by atoms with Gasteiger partial charge >= 0.3 is 0 Å². The maximum Gasteiger partial charge on any atom is 0.270 e. The Morgan fingerprint density at radius 1 is 0.416 bits per heavy atom. The molecule has 2 fully saturated rings. The number of nitrogens with zero attached hydrogens (tertiary/aromatic N) is 17. The number of aliphatic hydroxyl groups is 3. The number of aryl methyl sites for hydroxylation is 8. The lowest BCUT2D eigenvalue weighted by atomic mass is 9.93. The van der Waals surface area contributed by atoms with Gasteiger partial charge in [0.25, 0.3) is 23.7 Å². The predicted octanol–water partition coefficient (Wildman–Crippen LogP) is 17.4. The zero-order valence-electron chi connectivity index (χ0n) is 84.9. The van der Waals surface area contributed by atoms with E-state index in [1.807, 2.05) is 157 Å². The van der Waals surface area contributed by atoms with E-state index in [0.29, 0.717) is 146 Å². The Balaban J connectivity index is 0.000000156. The second kappa shape index (κ2) is 47.4. The van der Waals surface area contributed by atoms with Crippen molar-refractivity contribution in [2.75, 3.05) is 66.9 Å². The minimum atomic E-state index is -3.05. The topological polar surface area (TPSA) is 435 Å². The number of halogens is 5. The first kappa shape index (κ1) is 108. The number of nitrogens with one attached hydrogen (secondary N) is 2. The van der Waals surface area contributed by atoms with Crippen molar-refractivity contribution in [3.8, 4) is 47.4 Å². The summed E-state index contributed by atoms with van der Waals surface area (Å²) in [5.41, 5.74) is 44.3. The number of alkyl halides is 4. The number of benzene rings is 8. The first-order valence-electron chi connectivity index (χ1n) is 48.5. The summed E-state index contributed by atoms with van der Waals surface area (Å²) >= 11 is 0. The molecule has 1 saturated carbocycles. The van der Waals surface area contributed by atoms with E-state index in [1.54, 1.807) is 39.7 Å². The molecular formula is C114H116ClF4N23O7. The molecule has 35 heteroatoms. The Morgan fingerprint density at radius 3 is 1.15 bits per heavy atom. The van der Waals surface area contributed by atoms with Crippen LogP contribution in [0.4, 0.5) is 52.2 Å². The van der Waals surface area contributed by atoms with Crippen LogP contribution in [0.1, 0.15) is 219 Å². The molecule has 0 spiro atoms. The maximum atomic E-state index is 13.7. The monoisotopic (exact) mass is 2030 g/mol. The highest BCUT2D eigenvalue weighted by Gasteiger charge is 2.31. The number of nitrogen functional groups attached to an aromatic ring is 4. The molecule has 764 valence electrons. The molecule has 18 rings (SSSR count). The van der Waals surface area contributed by atoms with Gasteiger partial charge < -0.3 is 53.8 Å². The average molecular weight is 2030 g/mol. The van der Waals surface area contributed by atoms with Gasteiger partial charge in [-0.2, -0.15) is 20.4 Å². The van der Waals surface area contributed by atoms with Crippen LogP contribution in [0.3, 0.4) is 0 Å². The smallest absolute Gasteiger partial charge is 0.270 e. The molecule has 2 aliphatic rings. The summed E-state index contributed by atoms with van der Waals surface area (Å²) in [4.78, 5) is 87.6. The van der Waals surface area contributed by atoms with E-state index in [1.165, 1.54) is 85.0 Å². The van der Waals surface area contributed by atoms with E-state index in [9.17, 15) is 52.1 Å². The lowest BCUT2D eigenvalue weighted by Crippen LogP contribution is -2.22. The van der Waals surface area contributed by atoms with Crippen LogP contribution in [0.5, 0.6) is 0 Å². The molecule has 16 aromatic rings. The number of anilines is 6. The van der Waals surface area contributed by atoms with Gasteiger partial charge in [0.1, 0.15) is 71.4 Å². The van der Waals surface area contributed by atoms with Gasteiger partial charge in [-0.25, -0.2) is 76.2 Å². The quantitative estimate of drug-likeness (QED) is 0.0183. The molecular weight excluding hydrogens is 1910 g/mol. The number of aromatic nitrogens is 16. The summed E-state index contributed by atoms with van der Waals surface area (Å²) in [7, 11) is 2.14. The number of fused-ring (bicyclic) bond motifs is 4. The van der Waals surface area contributed by atoms with Crippen molar-refractivity contribution in [3.63, 3.8) is 0 Å². The summed E-state index contributed by atoms with van der Waals surface area (Å²) in [5.74, 6) is 19.9. The van der Waals surface area contributed by atoms with Gasteiger partial charge in [-0.05, 0) is 271 Å². The van der Waals surface area contributed by atoms with Crippen LogP contribution in [-0.4, -0.2) is 162 Å². The highest BCUT2D eigenvalue weighted by Crippen LogP contribution is 2.36. The van der Waals surface area contributed by atoms with Crippen molar-refractivity contribution < 1.29 is 52.1 Å². The van der Waals surface area contributed by atoms with Crippen LogP contribution in [0.2, 0.25) is 0 Å². The van der Waals surface area contributed by atoms with E-state index in [-0.39, 0.29) is 95.1 Å². The minimum absolute atomic E-state index is 0. The number of rotatable bonds is 21. The Bertz CT molecular complexity index is 8050. The fourth-order valence-corrected chi connectivity index (χ4v) is 17.2. The number of carbonyl (C=O) groups is 4. The van der Waals surface area contributed by atoms with E-state index in [4.69, 9.17) is 33.1 Å². The highest BCUT2D eigenvalue weighted by atomic mass is 35.5. The van der Waals surface area contributed by atoms with Crippen molar-refractivity contribution in [1.29, 1.82) is 0 Å². The van der Waals surface area contributed by atoms with Crippen molar-refractivity contribution in [2.24, 2.45) is 17.8 Å². The SMILES string of the molecule is Cc1ccc(C(=O)Cc2ccc(C)c(C#Cc3nn(CC4CCN(C)C4)c4ncnc(N)c34)c2)cc1C.Cc1ccc(C(=O)Cc2ccc(C)c(C#Cc3nn(C[C@@H](C)CO)c4ncnc(N)c34)c2)cc1C.Cc1ccc(NC(=O)c2cccc(C(C)(F)F)c2)cc1C#Cc1nn(C2CCC(O)CC2)c2ncnc(N)c12.Cc1ccc(NC(=O)c2cccc(C(C)(F)F)c2)cc1C#Cc1nn(C[C@@H](C)CO)c2ncnc(N)c12.Cl. The molecule has 8 aromatic carbocycles. The molecule has 1 aliphatic heterocycles. The highest BCUT2D eigenvalue weighted by molar-refractivity contribution is 6.06. The van der Waals surface area contributed by atoms with Gasteiger partial charge in [-0.15, -0.1) is 12.4 Å². The van der Waals surface area contributed by atoms with E-state index >= 15 is 0 Å². The number of amides is 2. The first-order valence-corrected chi connectivity index (χ1v) is 48.5. The van der Waals surface area contributed by atoms with Crippen molar-refractivity contribution >= 4 is 115 Å². The molecule has 0 bridgehead atoms. The number of hydrogen-bond donors (Lipinski definition) is 9. The van der Waals surface area contributed by atoms with Crippen LogP contribution in [0, 0.1) is 121 Å². The number of likely N-dealkylation sites (tertiary alicyclic amines) is 1. The molecule has 1 aliphatic carbocycles. The molecule has 8 aromatic heterocycles. The van der Waals surface area contributed by atoms with Gasteiger partial charge in [-0.3, -0.25) is 19.2 Å². The standard InChI is InChI=1S/C30H32N6O.C29H28F2N6O2.C28H29N5O2.C27H26F2N6O2.ClH/c1-19-6-8-25(13-21(19)3)27(37)15-22-7-5-20(2)24(14-22)9-10-26-28-29(31)32-18-33-30(28)36(34-26)17-23-11-12-35(4)16-23;1-17-6-8-21(35-28(39)19-4-3-5-20(14-19)29(2,30)31)15-18(17)7-13-24-25-26(32)33-16-34-27(25)37(36-24)22-9-11-23(38)12-10-22;1-17(15-34)14-33-28-26(27(29)30-16-31-28)24(32-33)10-9-22-12-21(7-5-19(22)3)13-25(35)23-8-6-18(2)20(4)11-23;1-16(14-36)13-35-25-23(24(30)31-15-32-25)22(34-35)10-8-18-12-21(9-7-17(18)2)33-26(37)19-5-4-6-20(11-19)27(3,28)29;/h5-8,13-14,18,23H,11-12,15-17H2,1-4H3,(H2,31,32,33);3-6,8,14-16,22-23,38H,9-12H2,1-2H3,(H,35,39)(H2,32,33,34);5-8,11-12,16-17,34H,13-15H2,1-4H3,(H2,29,30,31);4-7,9,11-12,15-16,36H,13-14H2,1-3H3,(H,33,37)(H2,30,31,32);1H/t;;17-;16-;/m..11./s1. The zero-order chi connectivity index (χ0) is 106. The summed E-state index contributed by atoms with van der Waals surface area (Å²) in [5, 5.41) is 55.3. The Morgan fingerprint density at radius 2 is 0.772 bits per heavy atom. The van der Waals surface area contributed by atoms with Gasteiger partial charge in [0.15, 0.2) is 34.2 Å². The second-order valence-corrected chi connectivity index (χ2v) is 38.2. The lowest BCUT2D eigenvalue weighted by Gasteiger charge is -2.25. The van der Waals surface area contributed by atoms with E-state index in [2.05, 4.69) is 120 Å². The van der Waals surface area contributed by atoms with Crippen molar-refractivity contribution in [1.82, 2.24) is 83.9 Å². The Labute approximate surface area is 866 Å². The third kappa shape index (κ3) is 26.5. The van der Waals surface area contributed by atoms with Gasteiger partial charge in [0, 0.05) is 133 Å². The fourth-order valence-electron chi connectivity index (χ4n) is 17.2. The molecule has 2 amide bonds. The molecule has 1 unspecified atom stereocenters. The summed E-state index contributed by atoms with van der Waals surface area (Å²) < 4.78 is 61.9. The van der Waals surface area contributed by atoms with Gasteiger partial charge in [0.2, 0.25) is 0 Å². The second-order valence-electron chi connectivity index (χ2n) is 38.2. The van der Waals surface area contributed by atoms with Crippen molar-refractivity contribution in [2.45, 2.75) is 172 Å². The number of ketones is 2.